The Morgan fingerprint density at radius 3 is 2.36 bits per heavy atom. The summed E-state index contributed by atoms with van der Waals surface area (Å²) in [7, 11) is -1.72. The largest absolute Gasteiger partial charge is 0.417 e. The van der Waals surface area contributed by atoms with Crippen LogP contribution in [-0.2, 0) is 4.43 Å². The van der Waals surface area contributed by atoms with E-state index in [1.807, 2.05) is 24.3 Å². The highest BCUT2D eigenvalue weighted by molar-refractivity contribution is 6.74. The molecular weight excluding hydrogens is 288 g/mol. The Hall–Kier alpha value is -0.903. The van der Waals surface area contributed by atoms with Crippen LogP contribution in [0, 0.1) is 5.92 Å². The molecule has 0 aromatic heterocycles. The van der Waals surface area contributed by atoms with Gasteiger partial charge in [0.25, 0.3) is 0 Å². The Labute approximate surface area is 136 Å². The van der Waals surface area contributed by atoms with Gasteiger partial charge in [-0.3, -0.25) is 0 Å². The van der Waals surface area contributed by atoms with Gasteiger partial charge in [-0.25, -0.2) is 0 Å². The molecule has 1 aromatic carbocycles. The lowest BCUT2D eigenvalue weighted by Crippen LogP contribution is -2.41. The Kier molecular flexibility index (Phi) is 5.00. The summed E-state index contributed by atoms with van der Waals surface area (Å²) < 4.78 is 6.29. The molecule has 0 aliphatic heterocycles. The molecule has 0 unspecified atom stereocenters. The molecular formula is C19H30O2Si. The van der Waals surface area contributed by atoms with E-state index in [2.05, 4.69) is 46.5 Å². The van der Waals surface area contributed by atoms with Crippen molar-refractivity contribution in [2.24, 2.45) is 5.92 Å². The summed E-state index contributed by atoms with van der Waals surface area (Å²) in [5.41, 5.74) is 2.28. The second kappa shape index (κ2) is 6.30. The summed E-state index contributed by atoms with van der Waals surface area (Å²) in [6.45, 7) is 16.0. The SMILES string of the molecule is C=C[C@H]1c2ccccc2[C@@H](O)[C@@H]1CCO[Si](C)(C)C(C)(C)C. The minimum atomic E-state index is -1.72. The van der Waals surface area contributed by atoms with Crippen LogP contribution in [-0.4, -0.2) is 20.0 Å². The fraction of sp³-hybridized carbons (Fsp3) is 0.579. The van der Waals surface area contributed by atoms with Gasteiger partial charge in [-0.2, -0.15) is 0 Å². The molecule has 0 heterocycles. The van der Waals surface area contributed by atoms with Crippen LogP contribution >= 0.6 is 0 Å². The van der Waals surface area contributed by atoms with Crippen LogP contribution in [0.5, 0.6) is 0 Å². The molecule has 3 heteroatoms. The lowest BCUT2D eigenvalue weighted by atomic mass is 9.89. The monoisotopic (exact) mass is 318 g/mol. The Morgan fingerprint density at radius 1 is 1.23 bits per heavy atom. The first-order valence-corrected chi connectivity index (χ1v) is 11.1. The normalized spacial score (nSPS) is 25.1. The first-order valence-electron chi connectivity index (χ1n) is 8.22. The van der Waals surface area contributed by atoms with Crippen LogP contribution in [0.25, 0.3) is 0 Å². The highest BCUT2D eigenvalue weighted by Gasteiger charge is 2.40. The second-order valence-electron chi connectivity index (χ2n) is 7.90. The summed E-state index contributed by atoms with van der Waals surface area (Å²) >= 11 is 0. The topological polar surface area (TPSA) is 29.5 Å². The molecule has 1 N–H and O–H groups in total. The number of aliphatic hydroxyl groups is 1. The zero-order valence-electron chi connectivity index (χ0n) is 14.6. The van der Waals surface area contributed by atoms with Crippen molar-refractivity contribution in [2.45, 2.75) is 57.3 Å². The van der Waals surface area contributed by atoms with Crippen molar-refractivity contribution in [1.82, 2.24) is 0 Å². The fourth-order valence-corrected chi connectivity index (χ4v) is 4.11. The predicted octanol–water partition coefficient (Wildman–Crippen LogP) is 5.03. The zero-order valence-corrected chi connectivity index (χ0v) is 15.6. The molecule has 0 fully saturated rings. The van der Waals surface area contributed by atoms with Crippen molar-refractivity contribution < 1.29 is 9.53 Å². The predicted molar refractivity (Wildman–Crippen MR) is 95.6 cm³/mol. The van der Waals surface area contributed by atoms with Crippen LogP contribution < -0.4 is 0 Å². The number of allylic oxidation sites excluding steroid dienone is 1. The highest BCUT2D eigenvalue weighted by atomic mass is 28.4. The van der Waals surface area contributed by atoms with Crippen molar-refractivity contribution in [3.63, 3.8) is 0 Å². The van der Waals surface area contributed by atoms with E-state index >= 15 is 0 Å². The van der Waals surface area contributed by atoms with Gasteiger partial charge in [-0.1, -0.05) is 51.1 Å². The lowest BCUT2D eigenvalue weighted by Gasteiger charge is -2.36. The van der Waals surface area contributed by atoms with Gasteiger partial charge in [0.15, 0.2) is 8.32 Å². The van der Waals surface area contributed by atoms with Crippen LogP contribution in [0.1, 0.15) is 50.3 Å². The van der Waals surface area contributed by atoms with E-state index < -0.39 is 14.4 Å². The third-order valence-electron chi connectivity index (χ3n) is 5.51. The summed E-state index contributed by atoms with van der Waals surface area (Å²) in [4.78, 5) is 0. The molecule has 3 atom stereocenters. The van der Waals surface area contributed by atoms with Gasteiger partial charge in [-0.15, -0.1) is 6.58 Å². The summed E-state index contributed by atoms with van der Waals surface area (Å²) in [6, 6.07) is 8.18. The number of aliphatic hydroxyl groups excluding tert-OH is 1. The molecule has 2 rings (SSSR count). The molecule has 1 aliphatic carbocycles. The Bertz CT molecular complexity index is 530. The quantitative estimate of drug-likeness (QED) is 0.609. The third kappa shape index (κ3) is 3.22. The summed E-state index contributed by atoms with van der Waals surface area (Å²) in [5, 5.41) is 10.9. The standard InChI is InChI=1S/C19H30O2Si/c1-7-14-15-10-8-9-11-16(15)18(20)17(14)12-13-21-22(5,6)19(2,3)4/h7-11,14,17-18,20H,1,12-13H2,2-6H3/t14-,17+,18+/m0/s1. The molecule has 2 nitrogen and oxygen atoms in total. The number of hydrogen-bond donors (Lipinski definition) is 1. The zero-order chi connectivity index (χ0) is 16.5. The van der Waals surface area contributed by atoms with E-state index in [-0.39, 0.29) is 16.9 Å². The van der Waals surface area contributed by atoms with Crippen molar-refractivity contribution in [2.75, 3.05) is 6.61 Å². The average Bonchev–Trinajstić information content (AvgIpc) is 2.70. The van der Waals surface area contributed by atoms with E-state index in [1.54, 1.807) is 0 Å². The number of fused-ring (bicyclic) bond motifs is 1. The van der Waals surface area contributed by atoms with E-state index in [1.165, 1.54) is 5.56 Å². The second-order valence-corrected chi connectivity index (χ2v) is 12.7. The van der Waals surface area contributed by atoms with Gasteiger partial charge in [-0.05, 0) is 35.7 Å². The molecule has 0 bridgehead atoms. The van der Waals surface area contributed by atoms with Crippen molar-refractivity contribution in [3.8, 4) is 0 Å². The first-order chi connectivity index (χ1) is 10.2. The van der Waals surface area contributed by atoms with E-state index in [0.29, 0.717) is 0 Å². The number of rotatable bonds is 5. The fourth-order valence-electron chi connectivity index (χ4n) is 3.05. The maximum absolute atomic E-state index is 10.6. The molecule has 0 saturated carbocycles. The van der Waals surface area contributed by atoms with Crippen LogP contribution in [0.2, 0.25) is 18.1 Å². The molecule has 1 aliphatic rings. The van der Waals surface area contributed by atoms with E-state index in [9.17, 15) is 5.11 Å². The molecule has 1 aromatic rings. The van der Waals surface area contributed by atoms with Crippen LogP contribution in [0.3, 0.4) is 0 Å². The molecule has 22 heavy (non-hydrogen) atoms. The van der Waals surface area contributed by atoms with Gasteiger partial charge in [0.1, 0.15) is 0 Å². The smallest absolute Gasteiger partial charge is 0.191 e. The number of benzene rings is 1. The molecule has 0 spiro atoms. The van der Waals surface area contributed by atoms with E-state index in [0.717, 1.165) is 18.6 Å². The van der Waals surface area contributed by atoms with Gasteiger partial charge in [0, 0.05) is 18.4 Å². The maximum Gasteiger partial charge on any atom is 0.191 e. The molecule has 0 saturated heterocycles. The number of hydrogen-bond acceptors (Lipinski definition) is 2. The lowest BCUT2D eigenvalue weighted by molar-refractivity contribution is 0.0986. The van der Waals surface area contributed by atoms with Gasteiger partial charge in [0.05, 0.1) is 6.10 Å². The minimum Gasteiger partial charge on any atom is -0.417 e. The van der Waals surface area contributed by atoms with Crippen molar-refractivity contribution in [3.05, 3.63) is 48.0 Å². The summed E-state index contributed by atoms with van der Waals surface area (Å²) in [5.74, 6) is 0.411. The van der Waals surface area contributed by atoms with Crippen LogP contribution in [0.4, 0.5) is 0 Å². The van der Waals surface area contributed by atoms with E-state index in [4.69, 9.17) is 4.43 Å². The maximum atomic E-state index is 10.6. The Morgan fingerprint density at radius 2 is 1.82 bits per heavy atom. The molecule has 122 valence electrons. The highest BCUT2D eigenvalue weighted by Crippen LogP contribution is 2.47. The molecule has 0 radical (unpaired) electrons. The van der Waals surface area contributed by atoms with Gasteiger partial charge < -0.3 is 9.53 Å². The minimum absolute atomic E-state index is 0.180. The molecule has 0 amide bonds. The summed E-state index contributed by atoms with van der Waals surface area (Å²) in [6.07, 6.45) is 2.45. The van der Waals surface area contributed by atoms with Gasteiger partial charge >= 0.3 is 0 Å². The van der Waals surface area contributed by atoms with Crippen molar-refractivity contribution in [1.29, 1.82) is 0 Å². The Balaban J connectivity index is 2.04. The first kappa shape index (κ1) is 17.5. The van der Waals surface area contributed by atoms with Crippen molar-refractivity contribution >= 4 is 8.32 Å². The third-order valence-corrected chi connectivity index (χ3v) is 10.1. The van der Waals surface area contributed by atoms with Gasteiger partial charge in [0.2, 0.25) is 0 Å². The average molecular weight is 319 g/mol. The van der Waals surface area contributed by atoms with Crippen LogP contribution in [0.15, 0.2) is 36.9 Å².